The summed E-state index contributed by atoms with van der Waals surface area (Å²) in [4.78, 5) is 11.8. The van der Waals surface area contributed by atoms with Crippen LogP contribution in [0, 0.1) is 17.8 Å². The van der Waals surface area contributed by atoms with Crippen LogP contribution in [-0.4, -0.2) is 55.1 Å². The number of esters is 1. The average Bonchev–Trinajstić information content (AvgIpc) is 3.29. The number of methoxy groups -OCH3 is 1. The molecule has 2 aliphatic carbocycles. The van der Waals surface area contributed by atoms with Crippen LogP contribution < -0.4 is 5.19 Å². The van der Waals surface area contributed by atoms with Crippen LogP contribution in [0.25, 0.3) is 0 Å². The second-order valence-corrected chi connectivity index (χ2v) is 24.4. The maximum Gasteiger partial charge on any atom is 0.305 e. The fraction of sp³-hybridized carbons (Fsp3) is 0.686. The summed E-state index contributed by atoms with van der Waals surface area (Å²) >= 11 is 0. The highest BCUT2D eigenvalue weighted by Crippen LogP contribution is 2.53. The number of benzene rings is 1. The van der Waals surface area contributed by atoms with E-state index in [0.29, 0.717) is 36.1 Å². The van der Waals surface area contributed by atoms with E-state index in [1.807, 2.05) is 0 Å². The zero-order valence-corrected chi connectivity index (χ0v) is 29.5. The summed E-state index contributed by atoms with van der Waals surface area (Å²) in [5.41, 5.74) is 1.93. The van der Waals surface area contributed by atoms with Crippen LogP contribution in [0.2, 0.25) is 36.8 Å². The van der Waals surface area contributed by atoms with Gasteiger partial charge >= 0.3 is 5.97 Å². The largest absolute Gasteiger partial charge is 0.469 e. The zero-order chi connectivity index (χ0) is 30.5. The van der Waals surface area contributed by atoms with Crippen molar-refractivity contribution in [2.45, 2.75) is 115 Å². The molecule has 0 radical (unpaired) electrons. The van der Waals surface area contributed by atoms with E-state index >= 15 is 0 Å². The van der Waals surface area contributed by atoms with Crippen molar-refractivity contribution in [3.63, 3.8) is 0 Å². The van der Waals surface area contributed by atoms with Gasteiger partial charge in [0.15, 0.2) is 14.6 Å². The van der Waals surface area contributed by atoms with E-state index in [2.05, 4.69) is 95.5 Å². The Bertz CT molecular complexity index is 1080. The van der Waals surface area contributed by atoms with Gasteiger partial charge in [-0.25, -0.2) is 0 Å². The van der Waals surface area contributed by atoms with Crippen molar-refractivity contribution in [1.29, 1.82) is 0 Å². The van der Waals surface area contributed by atoms with Crippen molar-refractivity contribution in [2.24, 2.45) is 17.8 Å². The first-order valence-electron chi connectivity index (χ1n) is 16.2. The molecule has 0 N–H and O–H groups in total. The van der Waals surface area contributed by atoms with E-state index < -0.39 is 16.4 Å². The first-order chi connectivity index (χ1) is 19.8. The summed E-state index contributed by atoms with van der Waals surface area (Å²) in [6.45, 7) is 18.3. The highest BCUT2D eigenvalue weighted by Gasteiger charge is 2.51. The number of carbonyl (C=O) groups excluding carboxylic acids is 1. The van der Waals surface area contributed by atoms with E-state index in [1.165, 1.54) is 24.3 Å². The van der Waals surface area contributed by atoms with Gasteiger partial charge in [0.25, 0.3) is 0 Å². The molecule has 1 aromatic carbocycles. The van der Waals surface area contributed by atoms with Crippen molar-refractivity contribution < 1.29 is 23.4 Å². The number of carbonyl (C=O) groups is 1. The molecule has 2 unspecified atom stereocenters. The van der Waals surface area contributed by atoms with Crippen LogP contribution in [0.4, 0.5) is 0 Å². The molecule has 0 spiro atoms. The van der Waals surface area contributed by atoms with Gasteiger partial charge in [-0.2, -0.15) is 0 Å². The third kappa shape index (κ3) is 7.95. The van der Waals surface area contributed by atoms with Gasteiger partial charge in [0, 0.05) is 25.6 Å². The van der Waals surface area contributed by atoms with Gasteiger partial charge in [-0.1, -0.05) is 93.2 Å². The molecule has 1 saturated carbocycles. The number of rotatable bonds is 11. The van der Waals surface area contributed by atoms with Crippen LogP contribution in [0.3, 0.4) is 0 Å². The van der Waals surface area contributed by atoms with Gasteiger partial charge in [-0.3, -0.25) is 4.79 Å². The summed E-state index contributed by atoms with van der Waals surface area (Å²) in [6.07, 6.45) is 13.7. The van der Waals surface area contributed by atoms with E-state index in [0.717, 1.165) is 38.9 Å². The molecule has 0 bridgehead atoms. The monoisotopic (exact) mass is 612 g/mol. The Balaban J connectivity index is 1.64. The lowest BCUT2D eigenvalue weighted by atomic mass is 9.78. The number of fused-ring (bicyclic) bond motifs is 1. The SMILES string of the molecule is COC(=O)CCC=CC1=C[C@@H]2C[C@@H](OC3CCCCO3)[C@@H](CO[Si](C)(C)C(C)(C)C)[C@@H]2CC1[Si](C)(C)c1ccccc1. The molecule has 0 aromatic heterocycles. The Morgan fingerprint density at radius 2 is 1.81 bits per heavy atom. The second kappa shape index (κ2) is 14.1. The van der Waals surface area contributed by atoms with Crippen molar-refractivity contribution in [2.75, 3.05) is 20.3 Å². The first-order valence-corrected chi connectivity index (χ1v) is 22.2. The summed E-state index contributed by atoms with van der Waals surface area (Å²) in [7, 11) is -2.33. The predicted molar refractivity (Wildman–Crippen MR) is 177 cm³/mol. The highest BCUT2D eigenvalue weighted by atomic mass is 28.4. The van der Waals surface area contributed by atoms with Crippen LogP contribution in [0.5, 0.6) is 0 Å². The molecular weight excluding hydrogens is 557 g/mol. The molecule has 3 aliphatic rings. The lowest BCUT2D eigenvalue weighted by Crippen LogP contribution is -2.49. The topological polar surface area (TPSA) is 54.0 Å². The Morgan fingerprint density at radius 3 is 2.45 bits per heavy atom. The lowest BCUT2D eigenvalue weighted by Gasteiger charge is -2.43. The molecular formula is C35H56O5Si2. The molecule has 1 saturated heterocycles. The smallest absolute Gasteiger partial charge is 0.305 e. The van der Waals surface area contributed by atoms with Crippen LogP contribution in [0.1, 0.15) is 65.7 Å². The van der Waals surface area contributed by atoms with E-state index in [1.54, 1.807) is 0 Å². The van der Waals surface area contributed by atoms with Gasteiger partial charge in [0.05, 0.1) is 21.3 Å². The summed E-state index contributed by atoms with van der Waals surface area (Å²) in [5.74, 6) is 1.19. The fourth-order valence-electron chi connectivity index (χ4n) is 6.92. The average molecular weight is 613 g/mol. The van der Waals surface area contributed by atoms with Crippen LogP contribution in [-0.2, 0) is 23.4 Å². The minimum Gasteiger partial charge on any atom is -0.469 e. The van der Waals surface area contributed by atoms with Crippen LogP contribution >= 0.6 is 0 Å². The Kier molecular flexibility index (Phi) is 11.2. The maximum absolute atomic E-state index is 11.8. The zero-order valence-electron chi connectivity index (χ0n) is 27.5. The lowest BCUT2D eigenvalue weighted by molar-refractivity contribution is -0.197. The minimum absolute atomic E-state index is 0.0909. The molecule has 6 atom stereocenters. The molecule has 1 aromatic rings. The molecule has 1 aliphatic heterocycles. The number of hydrogen-bond acceptors (Lipinski definition) is 5. The molecule has 42 heavy (non-hydrogen) atoms. The number of ether oxygens (including phenoxy) is 3. The fourth-order valence-corrected chi connectivity index (χ4v) is 11.3. The van der Waals surface area contributed by atoms with E-state index in [4.69, 9.17) is 18.6 Å². The molecule has 2 fully saturated rings. The standard InChI is InChI=1S/C35H56O5Si2/c1-35(2,3)42(7,8)39-25-30-29-24-32(41(5,6)28-17-10-9-11-18-28)26(16-12-13-19-33(36)37-4)22-27(29)23-31(30)40-34-20-14-15-21-38-34/h9-12,16-18,22,27,29-32,34H,13-15,19-21,23-25H2,1-8H3/t27-,29-,30+,31-,32?,34?/m1/s1. The van der Waals surface area contributed by atoms with Crippen molar-refractivity contribution >= 4 is 27.5 Å². The first kappa shape index (κ1) is 33.4. The molecule has 0 amide bonds. The molecule has 7 heteroatoms. The molecule has 4 rings (SSSR count). The molecule has 234 valence electrons. The normalized spacial score (nSPS) is 28.9. The highest BCUT2D eigenvalue weighted by molar-refractivity contribution is 6.91. The van der Waals surface area contributed by atoms with E-state index in [-0.39, 0.29) is 23.4 Å². The maximum atomic E-state index is 11.8. The Morgan fingerprint density at radius 1 is 1.07 bits per heavy atom. The van der Waals surface area contributed by atoms with Crippen molar-refractivity contribution in [3.8, 4) is 0 Å². The third-order valence-corrected chi connectivity index (χ3v) is 19.4. The van der Waals surface area contributed by atoms with Gasteiger partial charge in [-0.15, -0.1) is 0 Å². The Labute approximate surface area is 257 Å². The van der Waals surface area contributed by atoms with Gasteiger partial charge < -0.3 is 18.6 Å². The van der Waals surface area contributed by atoms with Gasteiger partial charge in [-0.05, 0) is 74.0 Å². The third-order valence-electron chi connectivity index (χ3n) is 10.7. The van der Waals surface area contributed by atoms with Gasteiger partial charge in [0.2, 0.25) is 0 Å². The van der Waals surface area contributed by atoms with Crippen molar-refractivity contribution in [1.82, 2.24) is 0 Å². The van der Waals surface area contributed by atoms with Crippen LogP contribution in [0.15, 0.2) is 54.1 Å². The number of allylic oxidation sites excluding steroid dienone is 4. The minimum atomic E-state index is -1.91. The molecule has 5 nitrogen and oxygen atoms in total. The second-order valence-electron chi connectivity index (χ2n) is 14.8. The Hall–Kier alpha value is -1.52. The summed E-state index contributed by atoms with van der Waals surface area (Å²) in [6, 6.07) is 11.1. The van der Waals surface area contributed by atoms with Gasteiger partial charge in [0.1, 0.15) is 0 Å². The predicted octanol–water partition coefficient (Wildman–Crippen LogP) is 8.00. The number of hydrogen-bond donors (Lipinski definition) is 0. The van der Waals surface area contributed by atoms with Crippen molar-refractivity contribution in [3.05, 3.63) is 54.1 Å². The van der Waals surface area contributed by atoms with E-state index in [9.17, 15) is 4.79 Å². The summed E-state index contributed by atoms with van der Waals surface area (Å²) < 4.78 is 24.7. The molecule has 1 heterocycles. The quantitative estimate of drug-likeness (QED) is 0.187. The summed E-state index contributed by atoms with van der Waals surface area (Å²) in [5, 5.41) is 1.67.